The van der Waals surface area contributed by atoms with Gasteiger partial charge in [0.2, 0.25) is 5.52 Å². The van der Waals surface area contributed by atoms with Crippen molar-refractivity contribution in [3.8, 4) is 0 Å². The van der Waals surface area contributed by atoms with Crippen molar-refractivity contribution in [3.05, 3.63) is 34.4 Å². The van der Waals surface area contributed by atoms with Crippen LogP contribution in [0.4, 0.5) is 16.2 Å². The van der Waals surface area contributed by atoms with E-state index in [1.165, 1.54) is 19.1 Å². The Labute approximate surface area is 134 Å². The summed E-state index contributed by atoms with van der Waals surface area (Å²) in [6, 6.07) is 1.88. The Hall–Kier alpha value is -3.50. The summed E-state index contributed by atoms with van der Waals surface area (Å²) in [7, 11) is 0. The molecule has 1 aromatic heterocycles. The molecule has 1 aromatic carbocycles. The third-order valence-corrected chi connectivity index (χ3v) is 2.81. The molecule has 0 aliphatic heterocycles. The number of non-ortho nitro benzene ring substituents is 1. The molecule has 0 atom stereocenters. The van der Waals surface area contributed by atoms with E-state index in [0.717, 1.165) is 0 Å². The number of nitrogens with one attached hydrogen (secondary N) is 2. The molecule has 2 rings (SSSR count). The lowest BCUT2D eigenvalue weighted by atomic mass is 10.2. The Balaban J connectivity index is 1.95. The molecule has 0 fully saturated rings. The van der Waals surface area contributed by atoms with E-state index in [1.54, 1.807) is 0 Å². The number of hydrogen-bond donors (Lipinski definition) is 2. The SMILES string of the molecule is C=C(C)C(=O)OCCNC(=O)Nc1ccc([N+](=O)[O-])c2nonc12. The van der Waals surface area contributed by atoms with E-state index in [9.17, 15) is 19.7 Å². The third-order valence-electron chi connectivity index (χ3n) is 2.81. The third kappa shape index (κ3) is 3.82. The number of nitrogens with zero attached hydrogens (tertiary/aromatic N) is 3. The summed E-state index contributed by atoms with van der Waals surface area (Å²) in [5, 5.41) is 22.8. The second kappa shape index (κ2) is 7.17. The lowest BCUT2D eigenvalue weighted by Gasteiger charge is -2.08. The largest absolute Gasteiger partial charge is 0.460 e. The van der Waals surface area contributed by atoms with Gasteiger partial charge in [-0.2, -0.15) is 0 Å². The van der Waals surface area contributed by atoms with Gasteiger partial charge in [-0.15, -0.1) is 0 Å². The van der Waals surface area contributed by atoms with Gasteiger partial charge in [0.05, 0.1) is 17.2 Å². The minimum Gasteiger partial charge on any atom is -0.460 e. The molecular weight excluding hydrogens is 322 g/mol. The van der Waals surface area contributed by atoms with Crippen molar-refractivity contribution in [2.24, 2.45) is 0 Å². The van der Waals surface area contributed by atoms with Gasteiger partial charge in [0.25, 0.3) is 0 Å². The van der Waals surface area contributed by atoms with Crippen molar-refractivity contribution < 1.29 is 23.9 Å². The maximum absolute atomic E-state index is 11.8. The number of carbonyl (C=O) groups excluding carboxylic acids is 2. The number of hydrogen-bond acceptors (Lipinski definition) is 8. The monoisotopic (exact) mass is 335 g/mol. The summed E-state index contributed by atoms with van der Waals surface area (Å²) < 4.78 is 9.29. The van der Waals surface area contributed by atoms with Gasteiger partial charge in [-0.3, -0.25) is 10.1 Å². The Bertz CT molecular complexity index is 814. The maximum atomic E-state index is 11.8. The Morgan fingerprint density at radius 2 is 2.08 bits per heavy atom. The number of anilines is 1. The number of esters is 1. The van der Waals surface area contributed by atoms with Crippen molar-refractivity contribution in [2.75, 3.05) is 18.5 Å². The van der Waals surface area contributed by atoms with Crippen molar-refractivity contribution in [1.29, 1.82) is 0 Å². The molecule has 0 aliphatic carbocycles. The van der Waals surface area contributed by atoms with Crippen LogP contribution in [0.1, 0.15) is 6.92 Å². The van der Waals surface area contributed by atoms with Crippen LogP contribution in [-0.2, 0) is 9.53 Å². The number of benzene rings is 1. The summed E-state index contributed by atoms with van der Waals surface area (Å²) >= 11 is 0. The average molecular weight is 335 g/mol. The first-order valence-corrected chi connectivity index (χ1v) is 6.67. The minimum atomic E-state index is -0.633. The van der Waals surface area contributed by atoms with Crippen LogP contribution in [0.3, 0.4) is 0 Å². The fourth-order valence-corrected chi connectivity index (χ4v) is 1.70. The topological polar surface area (TPSA) is 149 Å². The van der Waals surface area contributed by atoms with Crippen LogP contribution in [0.15, 0.2) is 28.9 Å². The van der Waals surface area contributed by atoms with Crippen LogP contribution >= 0.6 is 0 Å². The standard InChI is InChI=1S/C13H13N5O6/c1-7(2)12(19)23-6-5-14-13(20)15-8-3-4-9(18(21)22)11-10(8)16-24-17-11/h3-4H,1,5-6H2,2H3,(H2,14,15,20). The van der Waals surface area contributed by atoms with E-state index >= 15 is 0 Å². The fraction of sp³-hybridized carbons (Fsp3) is 0.231. The average Bonchev–Trinajstić information content (AvgIpc) is 3.01. The summed E-state index contributed by atoms with van der Waals surface area (Å²) in [4.78, 5) is 33.2. The number of ether oxygens (including phenoxy) is 1. The van der Waals surface area contributed by atoms with Crippen molar-refractivity contribution >= 4 is 34.4 Å². The smallest absolute Gasteiger partial charge is 0.333 e. The van der Waals surface area contributed by atoms with Crippen molar-refractivity contribution in [3.63, 3.8) is 0 Å². The summed E-state index contributed by atoms with van der Waals surface area (Å²) in [5.74, 6) is -0.553. The number of nitro groups is 1. The molecule has 2 amide bonds. The van der Waals surface area contributed by atoms with E-state index in [2.05, 4.69) is 32.2 Å². The van der Waals surface area contributed by atoms with Gasteiger partial charge in [-0.1, -0.05) is 6.58 Å². The van der Waals surface area contributed by atoms with Gasteiger partial charge in [-0.25, -0.2) is 14.2 Å². The number of urea groups is 1. The molecule has 0 saturated heterocycles. The van der Waals surface area contributed by atoms with E-state index in [-0.39, 0.29) is 41.1 Å². The van der Waals surface area contributed by atoms with Gasteiger partial charge in [0.15, 0.2) is 5.52 Å². The van der Waals surface area contributed by atoms with Crippen LogP contribution < -0.4 is 10.6 Å². The van der Waals surface area contributed by atoms with E-state index < -0.39 is 16.9 Å². The first-order chi connectivity index (χ1) is 11.4. The summed E-state index contributed by atoms with van der Waals surface area (Å²) in [5.41, 5.74) is 0.129. The normalized spacial score (nSPS) is 10.2. The van der Waals surface area contributed by atoms with Gasteiger partial charge in [0, 0.05) is 11.6 Å². The Morgan fingerprint density at radius 3 is 2.75 bits per heavy atom. The van der Waals surface area contributed by atoms with Gasteiger partial charge in [0.1, 0.15) is 6.61 Å². The molecule has 2 aromatic rings. The van der Waals surface area contributed by atoms with Gasteiger partial charge >= 0.3 is 17.7 Å². The van der Waals surface area contributed by atoms with Crippen LogP contribution in [0.2, 0.25) is 0 Å². The number of amides is 2. The molecule has 0 bridgehead atoms. The molecule has 0 saturated carbocycles. The van der Waals surface area contributed by atoms with Crippen molar-refractivity contribution in [1.82, 2.24) is 15.6 Å². The van der Waals surface area contributed by atoms with Crippen LogP contribution in [-0.4, -0.2) is 40.4 Å². The highest BCUT2D eigenvalue weighted by atomic mass is 16.6. The molecular formula is C13H13N5O6. The molecule has 24 heavy (non-hydrogen) atoms. The zero-order valence-electron chi connectivity index (χ0n) is 12.6. The Kier molecular flexibility index (Phi) is 5.04. The molecule has 11 heteroatoms. The number of nitro benzene ring substituents is 1. The summed E-state index contributed by atoms with van der Waals surface area (Å²) in [6.07, 6.45) is 0. The minimum absolute atomic E-state index is 0.0275. The van der Waals surface area contributed by atoms with Crippen LogP contribution in [0, 0.1) is 10.1 Å². The lowest BCUT2D eigenvalue weighted by Crippen LogP contribution is -2.32. The molecule has 0 spiro atoms. The molecule has 126 valence electrons. The number of aromatic nitrogens is 2. The first kappa shape index (κ1) is 16.9. The second-order valence-corrected chi connectivity index (χ2v) is 4.65. The van der Waals surface area contributed by atoms with Crippen LogP contribution in [0.25, 0.3) is 11.0 Å². The number of carbonyl (C=O) groups is 2. The van der Waals surface area contributed by atoms with E-state index in [0.29, 0.717) is 0 Å². The van der Waals surface area contributed by atoms with E-state index in [4.69, 9.17) is 4.74 Å². The highest BCUT2D eigenvalue weighted by Crippen LogP contribution is 2.28. The first-order valence-electron chi connectivity index (χ1n) is 6.67. The molecule has 1 heterocycles. The molecule has 0 unspecified atom stereocenters. The number of rotatable bonds is 6. The van der Waals surface area contributed by atoms with Crippen LogP contribution in [0.5, 0.6) is 0 Å². The van der Waals surface area contributed by atoms with Gasteiger partial charge in [-0.05, 0) is 23.3 Å². The Morgan fingerprint density at radius 1 is 1.38 bits per heavy atom. The molecule has 0 radical (unpaired) electrons. The highest BCUT2D eigenvalue weighted by Gasteiger charge is 2.20. The maximum Gasteiger partial charge on any atom is 0.333 e. The predicted octanol–water partition coefficient (Wildman–Crippen LogP) is 1.37. The van der Waals surface area contributed by atoms with Crippen molar-refractivity contribution in [2.45, 2.75) is 6.92 Å². The van der Waals surface area contributed by atoms with Gasteiger partial charge < -0.3 is 15.4 Å². The fourth-order valence-electron chi connectivity index (χ4n) is 1.70. The highest BCUT2D eigenvalue weighted by molar-refractivity contribution is 6.01. The summed E-state index contributed by atoms with van der Waals surface area (Å²) in [6.45, 7) is 4.97. The zero-order chi connectivity index (χ0) is 17.7. The number of fused-ring (bicyclic) bond motifs is 1. The quantitative estimate of drug-likeness (QED) is 0.264. The molecule has 11 nitrogen and oxygen atoms in total. The molecule has 0 aliphatic rings. The lowest BCUT2D eigenvalue weighted by molar-refractivity contribution is -0.383. The zero-order valence-corrected chi connectivity index (χ0v) is 12.6. The second-order valence-electron chi connectivity index (χ2n) is 4.65. The predicted molar refractivity (Wildman–Crippen MR) is 81.3 cm³/mol. The van der Waals surface area contributed by atoms with E-state index in [1.807, 2.05) is 0 Å². The molecule has 2 N–H and O–H groups in total.